The largest absolute Gasteiger partial charge is 0.476 e. The van der Waals surface area contributed by atoms with Crippen LogP contribution in [0.2, 0.25) is 0 Å². The van der Waals surface area contributed by atoms with E-state index >= 15 is 0 Å². The molecule has 9 nitrogen and oxygen atoms in total. The quantitative estimate of drug-likeness (QED) is 0.531. The van der Waals surface area contributed by atoms with Gasteiger partial charge in [-0.1, -0.05) is 31.1 Å². The molecule has 2 fully saturated rings. The number of piperidine rings is 1. The van der Waals surface area contributed by atoms with Crippen molar-refractivity contribution >= 4 is 15.9 Å². The first kappa shape index (κ1) is 20.9. The number of fused-ring (bicyclic) bond motifs is 1. The van der Waals surface area contributed by atoms with Gasteiger partial charge in [-0.3, -0.25) is 0 Å². The smallest absolute Gasteiger partial charge is 0.324 e. The highest BCUT2D eigenvalue weighted by molar-refractivity contribution is 7.90. The third-order valence-corrected chi connectivity index (χ3v) is 7.35. The Hall–Kier alpha value is -3.01. The summed E-state index contributed by atoms with van der Waals surface area (Å²) in [6, 6.07) is 7.22. The van der Waals surface area contributed by atoms with Crippen molar-refractivity contribution in [2.75, 3.05) is 30.9 Å². The van der Waals surface area contributed by atoms with Crippen molar-refractivity contribution in [3.63, 3.8) is 0 Å². The summed E-state index contributed by atoms with van der Waals surface area (Å²) in [7, 11) is -3.22. The molecule has 32 heavy (non-hydrogen) atoms. The SMILES string of the molecule is CC(C)c1noc(N2C[C@@H]3C(COc4cnc(-c5ccc(S(C)(=O)=O)cc5)cn4)[C@@H]3C2)n1. The molecule has 0 spiro atoms. The standard InChI is InChI=1S/C22H25N5O4S/c1-13(2)21-25-22(31-26-21)27-10-16-17(11-27)18(16)12-30-20-9-23-19(8-24-20)14-4-6-15(7-5-14)32(3,28)29/h4-9,13,16-18H,10-12H2,1-3H3/t16-,17+,18?. The molecule has 0 radical (unpaired) electrons. The summed E-state index contributed by atoms with van der Waals surface area (Å²) >= 11 is 0. The van der Waals surface area contributed by atoms with Crippen LogP contribution in [0.15, 0.2) is 46.1 Å². The Morgan fingerprint density at radius 1 is 1.12 bits per heavy atom. The van der Waals surface area contributed by atoms with E-state index in [-0.39, 0.29) is 10.8 Å². The third-order valence-electron chi connectivity index (χ3n) is 6.22. The van der Waals surface area contributed by atoms with Gasteiger partial charge in [0.15, 0.2) is 15.7 Å². The van der Waals surface area contributed by atoms with Crippen LogP contribution in [-0.2, 0) is 9.84 Å². The maximum atomic E-state index is 11.6. The Labute approximate surface area is 186 Å². The van der Waals surface area contributed by atoms with Gasteiger partial charge in [0.25, 0.3) is 0 Å². The average Bonchev–Trinajstić information content (AvgIpc) is 3.16. The lowest BCUT2D eigenvalue weighted by Gasteiger charge is -2.16. The number of benzene rings is 1. The number of nitrogens with zero attached hydrogens (tertiary/aromatic N) is 5. The van der Waals surface area contributed by atoms with E-state index < -0.39 is 9.84 Å². The van der Waals surface area contributed by atoms with Crippen molar-refractivity contribution in [1.29, 1.82) is 0 Å². The maximum Gasteiger partial charge on any atom is 0.324 e. The molecule has 10 heteroatoms. The van der Waals surface area contributed by atoms with Crippen molar-refractivity contribution < 1.29 is 17.7 Å². The molecule has 5 rings (SSSR count). The zero-order valence-corrected chi connectivity index (χ0v) is 19.0. The molecule has 0 amide bonds. The van der Waals surface area contributed by atoms with Crippen LogP contribution >= 0.6 is 0 Å². The lowest BCUT2D eigenvalue weighted by Crippen LogP contribution is -2.25. The minimum absolute atomic E-state index is 0.255. The van der Waals surface area contributed by atoms with Gasteiger partial charge in [0.05, 0.1) is 29.6 Å². The Balaban J connectivity index is 1.13. The molecular weight excluding hydrogens is 430 g/mol. The molecule has 3 heterocycles. The molecule has 0 N–H and O–H groups in total. The lowest BCUT2D eigenvalue weighted by atomic mass is 10.2. The third kappa shape index (κ3) is 4.06. The van der Waals surface area contributed by atoms with Gasteiger partial charge in [-0.2, -0.15) is 4.98 Å². The summed E-state index contributed by atoms with van der Waals surface area (Å²) < 4.78 is 34.4. The monoisotopic (exact) mass is 455 g/mol. The number of sulfone groups is 1. The van der Waals surface area contributed by atoms with Crippen molar-refractivity contribution in [2.45, 2.75) is 24.7 Å². The topological polar surface area (TPSA) is 111 Å². The second-order valence-corrected chi connectivity index (χ2v) is 10.8. The molecular formula is C22H25N5O4S. The van der Waals surface area contributed by atoms with Crippen LogP contribution in [-0.4, -0.2) is 54.5 Å². The molecule has 1 saturated carbocycles. The highest BCUT2D eigenvalue weighted by atomic mass is 32.2. The Morgan fingerprint density at radius 3 is 2.41 bits per heavy atom. The Bertz CT molecular complexity index is 1200. The minimum Gasteiger partial charge on any atom is -0.476 e. The van der Waals surface area contributed by atoms with Gasteiger partial charge in [-0.05, 0) is 24.0 Å². The number of hydrogen-bond acceptors (Lipinski definition) is 9. The van der Waals surface area contributed by atoms with Crippen molar-refractivity contribution in [2.24, 2.45) is 17.8 Å². The number of ether oxygens (including phenoxy) is 1. The van der Waals surface area contributed by atoms with E-state index in [1.165, 1.54) is 6.26 Å². The van der Waals surface area contributed by atoms with Crippen LogP contribution in [0.3, 0.4) is 0 Å². The molecule has 1 unspecified atom stereocenters. The Morgan fingerprint density at radius 2 is 1.84 bits per heavy atom. The predicted molar refractivity (Wildman–Crippen MR) is 117 cm³/mol. The van der Waals surface area contributed by atoms with Crippen LogP contribution in [0.5, 0.6) is 5.88 Å². The summed E-state index contributed by atoms with van der Waals surface area (Å²) in [4.78, 5) is 15.7. The second kappa shape index (κ2) is 7.84. The van der Waals surface area contributed by atoms with Gasteiger partial charge in [0, 0.05) is 36.7 Å². The van der Waals surface area contributed by atoms with E-state index in [4.69, 9.17) is 9.26 Å². The molecule has 3 aromatic rings. The van der Waals surface area contributed by atoms with Gasteiger partial charge >= 0.3 is 6.01 Å². The van der Waals surface area contributed by atoms with E-state index in [1.807, 2.05) is 13.8 Å². The first-order chi connectivity index (χ1) is 15.3. The van der Waals surface area contributed by atoms with E-state index in [9.17, 15) is 8.42 Å². The van der Waals surface area contributed by atoms with Crippen LogP contribution < -0.4 is 9.64 Å². The van der Waals surface area contributed by atoms with Gasteiger partial charge in [-0.25, -0.2) is 18.4 Å². The molecule has 1 saturated heterocycles. The molecule has 168 valence electrons. The molecule has 1 aliphatic carbocycles. The summed E-state index contributed by atoms with van der Waals surface area (Å²) in [6.45, 7) is 6.53. The van der Waals surface area contributed by atoms with Crippen LogP contribution in [0, 0.1) is 17.8 Å². The fourth-order valence-electron chi connectivity index (χ4n) is 4.24. The zero-order valence-electron chi connectivity index (χ0n) is 18.2. The first-order valence-electron chi connectivity index (χ1n) is 10.6. The van der Waals surface area contributed by atoms with E-state index in [1.54, 1.807) is 36.7 Å². The minimum atomic E-state index is -3.22. The van der Waals surface area contributed by atoms with Crippen LogP contribution in [0.4, 0.5) is 6.01 Å². The van der Waals surface area contributed by atoms with Crippen LogP contribution in [0.1, 0.15) is 25.6 Å². The molecule has 0 bridgehead atoms. The van der Waals surface area contributed by atoms with Crippen molar-refractivity contribution in [1.82, 2.24) is 20.1 Å². The van der Waals surface area contributed by atoms with Crippen molar-refractivity contribution in [3.05, 3.63) is 42.5 Å². The van der Waals surface area contributed by atoms with Crippen molar-refractivity contribution in [3.8, 4) is 17.1 Å². The second-order valence-electron chi connectivity index (χ2n) is 8.83. The summed E-state index contributed by atoms with van der Waals surface area (Å²) in [6.07, 6.45) is 4.44. The molecule has 2 aliphatic rings. The summed E-state index contributed by atoms with van der Waals surface area (Å²) in [5, 5.41) is 4.04. The average molecular weight is 456 g/mol. The summed E-state index contributed by atoms with van der Waals surface area (Å²) in [5.41, 5.74) is 1.46. The zero-order chi connectivity index (χ0) is 22.5. The lowest BCUT2D eigenvalue weighted by molar-refractivity contribution is 0.270. The van der Waals surface area contributed by atoms with E-state index in [0.29, 0.717) is 41.9 Å². The highest BCUT2D eigenvalue weighted by Crippen LogP contribution is 2.52. The van der Waals surface area contributed by atoms with E-state index in [0.717, 1.165) is 24.5 Å². The fraction of sp³-hybridized carbons (Fsp3) is 0.455. The van der Waals surface area contributed by atoms with Crippen LogP contribution in [0.25, 0.3) is 11.3 Å². The van der Waals surface area contributed by atoms with Gasteiger partial charge < -0.3 is 14.2 Å². The number of rotatable bonds is 7. The Kier molecular flexibility index (Phi) is 5.11. The number of anilines is 1. The molecule has 2 aromatic heterocycles. The normalized spacial score (nSPS) is 22.2. The van der Waals surface area contributed by atoms with Gasteiger partial charge in [-0.15, -0.1) is 0 Å². The number of hydrogen-bond donors (Lipinski definition) is 0. The molecule has 1 aromatic carbocycles. The maximum absolute atomic E-state index is 11.6. The molecule has 3 atom stereocenters. The first-order valence-corrected chi connectivity index (χ1v) is 12.5. The molecule has 1 aliphatic heterocycles. The highest BCUT2D eigenvalue weighted by Gasteiger charge is 2.56. The fourth-order valence-corrected chi connectivity index (χ4v) is 4.87. The number of aromatic nitrogens is 4. The van der Waals surface area contributed by atoms with Gasteiger partial charge in [0.1, 0.15) is 0 Å². The predicted octanol–water partition coefficient (Wildman–Crippen LogP) is 2.81. The van der Waals surface area contributed by atoms with E-state index in [2.05, 4.69) is 25.0 Å². The van der Waals surface area contributed by atoms with Gasteiger partial charge in [0.2, 0.25) is 5.88 Å². The summed E-state index contributed by atoms with van der Waals surface area (Å²) in [5.74, 6) is 3.14.